The molecule has 8 nitrogen and oxygen atoms in total. The Hall–Kier alpha value is -3.43. The van der Waals surface area contributed by atoms with Gasteiger partial charge in [-0.2, -0.15) is 0 Å². The average molecular weight is 531 g/mol. The van der Waals surface area contributed by atoms with Crippen LogP contribution in [0.2, 0.25) is 4.34 Å². The molecule has 3 aromatic rings. The fraction of sp³-hybridized carbons (Fsp3) is 0.308. The molecular formula is C26H27ClN2O6S. The van der Waals surface area contributed by atoms with E-state index in [0.29, 0.717) is 32.6 Å². The van der Waals surface area contributed by atoms with Gasteiger partial charge in [-0.3, -0.25) is 10.1 Å². The van der Waals surface area contributed by atoms with Crippen LogP contribution in [-0.4, -0.2) is 42.7 Å². The number of ether oxygens (including phenoxy) is 3. The Labute approximate surface area is 218 Å². The number of nitrogens with zero attached hydrogens (tertiary/aromatic N) is 1. The minimum Gasteiger partial charge on any atom is -0.497 e. The van der Waals surface area contributed by atoms with Crippen molar-refractivity contribution in [3.05, 3.63) is 74.7 Å². The molecule has 0 spiro atoms. The molecule has 0 saturated carbocycles. The van der Waals surface area contributed by atoms with E-state index in [0.717, 1.165) is 0 Å². The number of hydrogen-bond acceptors (Lipinski definition) is 8. The van der Waals surface area contributed by atoms with Crippen molar-refractivity contribution in [2.45, 2.75) is 38.7 Å². The lowest BCUT2D eigenvalue weighted by Crippen LogP contribution is -2.28. The number of benzene rings is 1. The molecule has 2 aromatic heterocycles. The topological polar surface area (TPSA) is 104 Å². The first kappa shape index (κ1) is 27.2. The third-order valence-electron chi connectivity index (χ3n) is 5.05. The summed E-state index contributed by atoms with van der Waals surface area (Å²) < 4.78 is 16.0. The number of halogens is 1. The lowest BCUT2D eigenvalue weighted by atomic mass is 9.86. The maximum absolute atomic E-state index is 13.7. The van der Waals surface area contributed by atoms with Crippen molar-refractivity contribution in [2.24, 2.45) is 0 Å². The number of hydrogen-bond donors (Lipinski definition) is 1. The summed E-state index contributed by atoms with van der Waals surface area (Å²) in [5.41, 5.74) is 1.22. The quantitative estimate of drug-likeness (QED) is 0.275. The lowest BCUT2D eigenvalue weighted by molar-refractivity contribution is 0.0591. The molecule has 0 fully saturated rings. The number of carbonyl (C=O) groups is 3. The van der Waals surface area contributed by atoms with E-state index >= 15 is 0 Å². The third-order valence-corrected chi connectivity index (χ3v) is 6.15. The van der Waals surface area contributed by atoms with Crippen LogP contribution < -0.4 is 10.1 Å². The molecule has 1 unspecified atom stereocenters. The predicted octanol–water partition coefficient (Wildman–Crippen LogP) is 6.15. The molecule has 2 heterocycles. The standard InChI is InChI=1S/C26H27ClN2O6S/c1-26(2,3)35-25(32)29-21-13-17(33-4)9-10-18(21)19(23(30)15-11-22(27)36-14-15)12-16-7-6-8-20(28-16)24(31)34-5/h6-11,13-14,19H,12H2,1-5H3,(H,29,32). The van der Waals surface area contributed by atoms with Crippen molar-refractivity contribution in [3.63, 3.8) is 0 Å². The number of aromatic nitrogens is 1. The van der Waals surface area contributed by atoms with Crippen molar-refractivity contribution in [1.29, 1.82) is 0 Å². The largest absolute Gasteiger partial charge is 0.497 e. The second-order valence-electron chi connectivity index (χ2n) is 8.85. The molecule has 1 aromatic carbocycles. The number of rotatable bonds is 8. The molecule has 0 radical (unpaired) electrons. The zero-order valence-corrected chi connectivity index (χ0v) is 22.2. The van der Waals surface area contributed by atoms with Gasteiger partial charge in [0.05, 0.1) is 30.2 Å². The molecule has 1 N–H and O–H groups in total. The monoisotopic (exact) mass is 530 g/mol. The van der Waals surface area contributed by atoms with Crippen molar-refractivity contribution in [3.8, 4) is 5.75 Å². The molecule has 36 heavy (non-hydrogen) atoms. The summed E-state index contributed by atoms with van der Waals surface area (Å²) >= 11 is 7.35. The van der Waals surface area contributed by atoms with E-state index in [1.807, 2.05) is 0 Å². The van der Waals surface area contributed by atoms with Crippen molar-refractivity contribution < 1.29 is 28.6 Å². The summed E-state index contributed by atoms with van der Waals surface area (Å²) in [7, 11) is 2.78. The number of carbonyl (C=O) groups excluding carboxylic acids is 3. The van der Waals surface area contributed by atoms with Gasteiger partial charge >= 0.3 is 12.1 Å². The fourth-order valence-electron chi connectivity index (χ4n) is 3.49. The molecule has 0 bridgehead atoms. The number of pyridine rings is 1. The average Bonchev–Trinajstić information content (AvgIpc) is 3.27. The molecular weight excluding hydrogens is 504 g/mol. The minimum absolute atomic E-state index is 0.126. The first-order valence-electron chi connectivity index (χ1n) is 11.0. The maximum atomic E-state index is 13.7. The second kappa shape index (κ2) is 11.5. The normalized spacial score (nSPS) is 11.9. The highest BCUT2D eigenvalue weighted by Crippen LogP contribution is 2.35. The van der Waals surface area contributed by atoms with Crippen molar-refractivity contribution in [2.75, 3.05) is 19.5 Å². The third kappa shape index (κ3) is 7.05. The number of nitrogens with one attached hydrogen (secondary N) is 1. The second-order valence-corrected chi connectivity index (χ2v) is 10.4. The van der Waals surface area contributed by atoms with Gasteiger partial charge < -0.3 is 14.2 Å². The van der Waals surface area contributed by atoms with Gasteiger partial charge in [-0.1, -0.05) is 23.7 Å². The van der Waals surface area contributed by atoms with E-state index in [1.54, 1.807) is 62.5 Å². The number of methoxy groups -OCH3 is 2. The Bertz CT molecular complexity index is 1270. The van der Waals surface area contributed by atoms with E-state index in [4.69, 9.17) is 25.8 Å². The van der Waals surface area contributed by atoms with Gasteiger partial charge in [0.1, 0.15) is 17.0 Å². The Morgan fingerprint density at radius 3 is 2.47 bits per heavy atom. The van der Waals surface area contributed by atoms with E-state index in [2.05, 4.69) is 10.3 Å². The number of Topliss-reactive ketones (excluding diaryl/α,β-unsaturated/α-hetero) is 1. The summed E-state index contributed by atoms with van der Waals surface area (Å²) in [5.74, 6) is -1.09. The lowest BCUT2D eigenvalue weighted by Gasteiger charge is -2.23. The first-order valence-corrected chi connectivity index (χ1v) is 12.3. The van der Waals surface area contributed by atoms with Crippen LogP contribution in [0.5, 0.6) is 5.75 Å². The van der Waals surface area contributed by atoms with Crippen LogP contribution in [0.3, 0.4) is 0 Å². The van der Waals surface area contributed by atoms with E-state index in [1.165, 1.54) is 31.6 Å². The number of anilines is 1. The van der Waals surface area contributed by atoms with Gasteiger partial charge in [0.2, 0.25) is 0 Å². The molecule has 3 rings (SSSR count). The van der Waals surface area contributed by atoms with Crippen LogP contribution in [0.1, 0.15) is 58.8 Å². The SMILES string of the molecule is COC(=O)c1cccc(CC(C(=O)c2csc(Cl)c2)c2ccc(OC)cc2NC(=O)OC(C)(C)C)n1. The van der Waals surface area contributed by atoms with Crippen molar-refractivity contribution >= 4 is 46.5 Å². The first-order chi connectivity index (χ1) is 17.0. The van der Waals surface area contributed by atoms with Crippen LogP contribution in [0.4, 0.5) is 10.5 Å². The number of amides is 1. The number of esters is 1. The summed E-state index contributed by atoms with van der Waals surface area (Å²) in [6.07, 6.45) is -0.528. The van der Waals surface area contributed by atoms with Gasteiger partial charge in [0.25, 0.3) is 0 Å². The van der Waals surface area contributed by atoms with Crippen LogP contribution in [0.15, 0.2) is 47.8 Å². The smallest absolute Gasteiger partial charge is 0.412 e. The maximum Gasteiger partial charge on any atom is 0.412 e. The van der Waals surface area contributed by atoms with Crippen LogP contribution in [-0.2, 0) is 15.9 Å². The van der Waals surface area contributed by atoms with E-state index in [9.17, 15) is 14.4 Å². The van der Waals surface area contributed by atoms with E-state index < -0.39 is 23.6 Å². The van der Waals surface area contributed by atoms with Gasteiger partial charge in [-0.05, 0) is 50.6 Å². The molecule has 1 amide bonds. The fourth-order valence-corrected chi connectivity index (χ4v) is 4.36. The van der Waals surface area contributed by atoms with Crippen LogP contribution in [0.25, 0.3) is 0 Å². The summed E-state index contributed by atoms with van der Waals surface area (Å²) in [6.45, 7) is 5.27. The molecule has 0 saturated heterocycles. The van der Waals surface area contributed by atoms with E-state index in [-0.39, 0.29) is 17.9 Å². The number of thiophene rings is 1. The zero-order chi connectivity index (χ0) is 26.5. The summed E-state index contributed by atoms with van der Waals surface area (Å²) in [6, 6.07) is 11.6. The Morgan fingerprint density at radius 2 is 1.86 bits per heavy atom. The molecule has 1 atom stereocenters. The Balaban J connectivity index is 2.08. The zero-order valence-electron chi connectivity index (χ0n) is 20.6. The molecule has 10 heteroatoms. The molecule has 0 aliphatic rings. The van der Waals surface area contributed by atoms with Crippen LogP contribution in [0, 0.1) is 0 Å². The Kier molecular flexibility index (Phi) is 8.70. The van der Waals surface area contributed by atoms with Gasteiger partial charge in [0, 0.05) is 29.1 Å². The summed E-state index contributed by atoms with van der Waals surface area (Å²) in [5, 5.41) is 4.43. The minimum atomic E-state index is -0.771. The highest BCUT2D eigenvalue weighted by atomic mass is 35.5. The summed E-state index contributed by atoms with van der Waals surface area (Å²) in [4.78, 5) is 42.7. The molecule has 190 valence electrons. The highest BCUT2D eigenvalue weighted by molar-refractivity contribution is 7.14. The Morgan fingerprint density at radius 1 is 1.11 bits per heavy atom. The van der Waals surface area contributed by atoms with Gasteiger partial charge in [-0.15, -0.1) is 11.3 Å². The van der Waals surface area contributed by atoms with Crippen LogP contribution >= 0.6 is 22.9 Å². The van der Waals surface area contributed by atoms with Crippen molar-refractivity contribution in [1.82, 2.24) is 4.98 Å². The molecule has 0 aliphatic carbocycles. The number of ketones is 1. The predicted molar refractivity (Wildman–Crippen MR) is 139 cm³/mol. The molecule has 0 aliphatic heterocycles. The van der Waals surface area contributed by atoms with Gasteiger partial charge in [0.15, 0.2) is 5.78 Å². The highest BCUT2D eigenvalue weighted by Gasteiger charge is 2.28. The van der Waals surface area contributed by atoms with Gasteiger partial charge in [-0.25, -0.2) is 14.6 Å².